The van der Waals surface area contributed by atoms with E-state index in [0.717, 1.165) is 23.5 Å². The molecule has 0 aliphatic heterocycles. The number of nitrogens with zero attached hydrogens (tertiary/aromatic N) is 5. The van der Waals surface area contributed by atoms with E-state index in [1.807, 2.05) is 12.1 Å². The first-order valence-corrected chi connectivity index (χ1v) is 8.64. The van der Waals surface area contributed by atoms with Crippen molar-refractivity contribution in [2.24, 2.45) is 0 Å². The zero-order chi connectivity index (χ0) is 16.7. The number of carbonyl (C=O) groups is 1. The van der Waals surface area contributed by atoms with Crippen molar-refractivity contribution in [1.82, 2.24) is 25.0 Å². The van der Waals surface area contributed by atoms with Gasteiger partial charge in [-0.3, -0.25) is 10.1 Å². The molecule has 2 heterocycles. The zero-order valence-electron chi connectivity index (χ0n) is 12.7. The molecule has 1 aliphatic rings. The molecule has 4 rings (SSSR count). The summed E-state index contributed by atoms with van der Waals surface area (Å²) in [4.78, 5) is 16.6. The van der Waals surface area contributed by atoms with Gasteiger partial charge in [-0.2, -0.15) is 0 Å². The van der Waals surface area contributed by atoms with Gasteiger partial charge in [-0.1, -0.05) is 22.9 Å². The van der Waals surface area contributed by atoms with Crippen molar-refractivity contribution in [2.45, 2.75) is 25.7 Å². The summed E-state index contributed by atoms with van der Waals surface area (Å²) in [5.41, 5.74) is 0.787. The van der Waals surface area contributed by atoms with E-state index >= 15 is 0 Å². The van der Waals surface area contributed by atoms with Crippen molar-refractivity contribution in [3.8, 4) is 5.69 Å². The van der Waals surface area contributed by atoms with Crippen molar-refractivity contribution >= 4 is 34.0 Å². The van der Waals surface area contributed by atoms with Gasteiger partial charge in [0.2, 0.25) is 11.0 Å². The number of hydrogen-bond acceptors (Lipinski definition) is 6. The minimum Gasteiger partial charge on any atom is -0.294 e. The van der Waals surface area contributed by atoms with Gasteiger partial charge in [-0.05, 0) is 44.0 Å². The summed E-state index contributed by atoms with van der Waals surface area (Å²) in [7, 11) is 0. The smallest absolute Gasteiger partial charge is 0.294 e. The molecule has 1 saturated carbocycles. The lowest BCUT2D eigenvalue weighted by Gasteiger charge is -2.02. The van der Waals surface area contributed by atoms with Gasteiger partial charge in [-0.15, -0.1) is 15.3 Å². The van der Waals surface area contributed by atoms with E-state index in [9.17, 15) is 4.79 Å². The predicted molar refractivity (Wildman–Crippen MR) is 90.9 cm³/mol. The van der Waals surface area contributed by atoms with E-state index in [0.29, 0.717) is 21.9 Å². The number of anilines is 1. The number of amides is 1. The van der Waals surface area contributed by atoms with Crippen LogP contribution in [0, 0.1) is 6.92 Å². The summed E-state index contributed by atoms with van der Waals surface area (Å²) >= 11 is 7.30. The van der Waals surface area contributed by atoms with Crippen LogP contribution in [0.2, 0.25) is 5.02 Å². The first-order chi connectivity index (χ1) is 11.6. The van der Waals surface area contributed by atoms with Crippen LogP contribution in [0.1, 0.15) is 40.2 Å². The molecule has 0 atom stereocenters. The maximum Gasteiger partial charge on any atom is 0.297 e. The topological polar surface area (TPSA) is 85.6 Å². The highest BCUT2D eigenvalue weighted by Crippen LogP contribution is 2.42. The Morgan fingerprint density at radius 1 is 1.29 bits per heavy atom. The molecule has 1 aliphatic carbocycles. The first-order valence-electron chi connectivity index (χ1n) is 7.44. The van der Waals surface area contributed by atoms with Crippen LogP contribution in [0.15, 0.2) is 24.3 Å². The molecule has 9 heteroatoms. The van der Waals surface area contributed by atoms with E-state index in [2.05, 4.69) is 25.6 Å². The molecule has 3 aromatic rings. The van der Waals surface area contributed by atoms with E-state index in [1.165, 1.54) is 11.3 Å². The lowest BCUT2D eigenvalue weighted by molar-refractivity contribution is 0.101. The molecule has 24 heavy (non-hydrogen) atoms. The van der Waals surface area contributed by atoms with Gasteiger partial charge in [0, 0.05) is 10.9 Å². The van der Waals surface area contributed by atoms with Gasteiger partial charge in [-0.25, -0.2) is 9.67 Å². The quantitative estimate of drug-likeness (QED) is 0.772. The number of nitrogens with one attached hydrogen (secondary N) is 1. The molecule has 1 N–H and O–H groups in total. The van der Waals surface area contributed by atoms with E-state index in [4.69, 9.17) is 11.6 Å². The van der Waals surface area contributed by atoms with Crippen LogP contribution in [-0.4, -0.2) is 30.9 Å². The van der Waals surface area contributed by atoms with Crippen LogP contribution >= 0.6 is 22.9 Å². The second-order valence-electron chi connectivity index (χ2n) is 5.54. The molecule has 0 radical (unpaired) electrons. The van der Waals surface area contributed by atoms with Crippen LogP contribution in [0.3, 0.4) is 0 Å². The summed E-state index contributed by atoms with van der Waals surface area (Å²) in [6, 6.07) is 7.16. The zero-order valence-corrected chi connectivity index (χ0v) is 14.3. The van der Waals surface area contributed by atoms with Crippen LogP contribution in [-0.2, 0) is 0 Å². The summed E-state index contributed by atoms with van der Waals surface area (Å²) < 4.78 is 1.60. The largest absolute Gasteiger partial charge is 0.297 e. The van der Waals surface area contributed by atoms with Crippen LogP contribution < -0.4 is 5.32 Å². The number of aromatic nitrogens is 5. The number of rotatable bonds is 4. The standard InChI is InChI=1S/C15H13ClN6OS/c1-8-17-12(21-22(8)11-6-4-10(16)5-7-11)13(23)18-15-20-19-14(24-15)9-2-3-9/h4-7,9H,2-3H2,1H3,(H,18,20,23). The minimum absolute atomic E-state index is 0.0885. The number of halogens is 1. The van der Waals surface area contributed by atoms with Gasteiger partial charge in [0.25, 0.3) is 5.91 Å². The van der Waals surface area contributed by atoms with Gasteiger partial charge < -0.3 is 0 Å². The van der Waals surface area contributed by atoms with Crippen molar-refractivity contribution in [3.05, 3.63) is 45.9 Å². The normalized spacial score (nSPS) is 13.9. The highest BCUT2D eigenvalue weighted by Gasteiger charge is 2.28. The molecule has 0 bridgehead atoms. The fraction of sp³-hybridized carbons (Fsp3) is 0.267. The molecule has 1 fully saturated rings. The molecular weight excluding hydrogens is 348 g/mol. The second-order valence-corrected chi connectivity index (χ2v) is 6.99. The minimum atomic E-state index is -0.399. The summed E-state index contributed by atoms with van der Waals surface area (Å²) in [6.45, 7) is 1.79. The first kappa shape index (κ1) is 15.2. The Bertz CT molecular complexity index is 899. The number of aryl methyl sites for hydroxylation is 1. The maximum atomic E-state index is 12.3. The van der Waals surface area contributed by atoms with Gasteiger partial charge in [0.1, 0.15) is 10.8 Å². The van der Waals surface area contributed by atoms with Gasteiger partial charge in [0.05, 0.1) is 5.69 Å². The fourth-order valence-corrected chi connectivity index (χ4v) is 3.28. The Hall–Kier alpha value is -2.32. The Kier molecular flexibility index (Phi) is 3.78. The Morgan fingerprint density at radius 2 is 2.04 bits per heavy atom. The number of hydrogen-bond donors (Lipinski definition) is 1. The molecule has 122 valence electrons. The van der Waals surface area contributed by atoms with Crippen molar-refractivity contribution in [1.29, 1.82) is 0 Å². The predicted octanol–water partition coefficient (Wildman–Crippen LogP) is 3.21. The van der Waals surface area contributed by atoms with E-state index < -0.39 is 5.91 Å². The molecule has 0 unspecified atom stereocenters. The SMILES string of the molecule is Cc1nc(C(=O)Nc2nnc(C3CC3)s2)nn1-c1ccc(Cl)cc1. The molecule has 0 spiro atoms. The van der Waals surface area contributed by atoms with Gasteiger partial charge >= 0.3 is 0 Å². The second kappa shape index (κ2) is 5.95. The third-order valence-electron chi connectivity index (χ3n) is 3.63. The maximum absolute atomic E-state index is 12.3. The average Bonchev–Trinajstić information content (AvgIpc) is 3.19. The Balaban J connectivity index is 1.53. The van der Waals surface area contributed by atoms with Crippen LogP contribution in [0.25, 0.3) is 5.69 Å². The fourth-order valence-electron chi connectivity index (χ4n) is 2.25. The van der Waals surface area contributed by atoms with E-state index in [-0.39, 0.29) is 5.82 Å². The van der Waals surface area contributed by atoms with Crippen molar-refractivity contribution < 1.29 is 4.79 Å². The molecule has 1 amide bonds. The highest BCUT2D eigenvalue weighted by atomic mass is 35.5. The highest BCUT2D eigenvalue weighted by molar-refractivity contribution is 7.15. The monoisotopic (exact) mass is 360 g/mol. The average molecular weight is 361 g/mol. The summed E-state index contributed by atoms with van der Waals surface area (Å²) in [6.07, 6.45) is 2.30. The van der Waals surface area contributed by atoms with Gasteiger partial charge in [0.15, 0.2) is 0 Å². The molecular formula is C15H13ClN6OS. The van der Waals surface area contributed by atoms with Crippen molar-refractivity contribution in [2.75, 3.05) is 5.32 Å². The van der Waals surface area contributed by atoms with Crippen LogP contribution in [0.4, 0.5) is 5.13 Å². The number of carbonyl (C=O) groups excluding carboxylic acids is 1. The molecule has 0 saturated heterocycles. The summed E-state index contributed by atoms with van der Waals surface area (Å²) in [5, 5.41) is 17.2. The molecule has 2 aromatic heterocycles. The van der Waals surface area contributed by atoms with E-state index in [1.54, 1.807) is 23.7 Å². The number of benzene rings is 1. The molecule has 7 nitrogen and oxygen atoms in total. The third kappa shape index (κ3) is 3.02. The lowest BCUT2D eigenvalue weighted by atomic mass is 10.3. The lowest BCUT2D eigenvalue weighted by Crippen LogP contribution is -2.14. The Morgan fingerprint density at radius 3 is 2.75 bits per heavy atom. The van der Waals surface area contributed by atoms with Crippen LogP contribution in [0.5, 0.6) is 0 Å². The Labute approximate surface area is 146 Å². The van der Waals surface area contributed by atoms with Crippen molar-refractivity contribution in [3.63, 3.8) is 0 Å². The third-order valence-corrected chi connectivity index (χ3v) is 4.88. The summed E-state index contributed by atoms with van der Waals surface area (Å²) in [5.74, 6) is 0.811. The molecule has 1 aromatic carbocycles.